The van der Waals surface area contributed by atoms with Crippen molar-refractivity contribution in [2.45, 2.75) is 12.8 Å². The summed E-state index contributed by atoms with van der Waals surface area (Å²) in [5, 5.41) is 0. The molecule has 0 saturated heterocycles. The zero-order valence-corrected chi connectivity index (χ0v) is 8.71. The number of hydrogen-bond acceptors (Lipinski definition) is 5. The molecule has 3 N–H and O–H groups in total. The average molecular weight is 215 g/mol. The van der Waals surface area contributed by atoms with Crippen LogP contribution in [0.2, 0.25) is 0 Å². The third-order valence-corrected chi connectivity index (χ3v) is 1.43. The van der Waals surface area contributed by atoms with Crippen molar-refractivity contribution in [2.75, 3.05) is 27.4 Å². The Kier molecular flexibility index (Phi) is 11.6. The van der Waals surface area contributed by atoms with Gasteiger partial charge in [0.25, 0.3) is 0 Å². The fraction of sp³-hybridized carbons (Fsp3) is 1.00. The van der Waals surface area contributed by atoms with E-state index in [0.29, 0.717) is 0 Å². The van der Waals surface area contributed by atoms with Gasteiger partial charge in [-0.1, -0.05) is 0 Å². The summed E-state index contributed by atoms with van der Waals surface area (Å²) in [5.74, 6) is 0. The SMILES string of the molecule is COCCCCN.COS(=O)(=O)O. The van der Waals surface area contributed by atoms with Gasteiger partial charge in [0.05, 0.1) is 7.11 Å². The predicted molar refractivity (Wildman–Crippen MR) is 48.7 cm³/mol. The first-order valence-corrected chi connectivity index (χ1v) is 5.06. The molecule has 0 rings (SSSR count). The van der Waals surface area contributed by atoms with Gasteiger partial charge in [-0.05, 0) is 19.4 Å². The predicted octanol–water partition coefficient (Wildman–Crippen LogP) is -0.193. The summed E-state index contributed by atoms with van der Waals surface area (Å²) in [4.78, 5) is 0. The molecule has 0 spiro atoms. The van der Waals surface area contributed by atoms with E-state index >= 15 is 0 Å². The van der Waals surface area contributed by atoms with Crippen molar-refractivity contribution in [3.63, 3.8) is 0 Å². The van der Waals surface area contributed by atoms with Crippen molar-refractivity contribution in [3.05, 3.63) is 0 Å². The first-order chi connectivity index (χ1) is 5.97. The van der Waals surface area contributed by atoms with Gasteiger partial charge in [-0.15, -0.1) is 0 Å². The maximum Gasteiger partial charge on any atom is 0.397 e. The number of nitrogens with two attached hydrogens (primary N) is 1. The summed E-state index contributed by atoms with van der Waals surface area (Å²) in [7, 11) is -1.59. The lowest BCUT2D eigenvalue weighted by Crippen LogP contribution is -1.99. The Hall–Kier alpha value is -0.210. The molecule has 0 fully saturated rings. The molecule has 13 heavy (non-hydrogen) atoms. The topological polar surface area (TPSA) is 98.9 Å². The summed E-state index contributed by atoms with van der Waals surface area (Å²) in [5.41, 5.74) is 5.21. The van der Waals surface area contributed by atoms with Gasteiger partial charge in [-0.2, -0.15) is 8.42 Å². The molecule has 0 radical (unpaired) electrons. The summed E-state index contributed by atoms with van der Waals surface area (Å²) < 4.78 is 34.5. The molecule has 0 aliphatic heterocycles. The first-order valence-electron chi connectivity index (χ1n) is 3.70. The summed E-state index contributed by atoms with van der Waals surface area (Å²) in [6.45, 7) is 1.63. The zero-order valence-electron chi connectivity index (χ0n) is 7.89. The van der Waals surface area contributed by atoms with Crippen LogP contribution in [0, 0.1) is 0 Å². The third-order valence-electron chi connectivity index (χ3n) is 1.01. The molecular formula is C6H17NO5S. The second-order valence-electron chi connectivity index (χ2n) is 2.08. The van der Waals surface area contributed by atoms with Crippen LogP contribution >= 0.6 is 0 Å². The number of ether oxygens (including phenoxy) is 1. The van der Waals surface area contributed by atoms with Gasteiger partial charge >= 0.3 is 10.4 Å². The van der Waals surface area contributed by atoms with Crippen molar-refractivity contribution in [1.82, 2.24) is 0 Å². The standard InChI is InChI=1S/C5H13NO.CH4O4S/c1-7-5-3-2-4-6;1-5-6(2,3)4/h2-6H2,1H3;1H3,(H,2,3,4). The highest BCUT2D eigenvalue weighted by molar-refractivity contribution is 7.80. The van der Waals surface area contributed by atoms with Crippen LogP contribution in [-0.2, 0) is 19.3 Å². The van der Waals surface area contributed by atoms with Crippen LogP contribution in [0.3, 0.4) is 0 Å². The quantitative estimate of drug-likeness (QED) is 0.487. The van der Waals surface area contributed by atoms with E-state index in [4.69, 9.17) is 15.0 Å². The number of rotatable bonds is 5. The largest absolute Gasteiger partial charge is 0.397 e. The molecule has 0 aliphatic carbocycles. The summed E-state index contributed by atoms with van der Waals surface area (Å²) in [6.07, 6.45) is 2.17. The van der Waals surface area contributed by atoms with Crippen molar-refractivity contribution in [2.24, 2.45) is 5.73 Å². The van der Waals surface area contributed by atoms with Gasteiger partial charge in [0, 0.05) is 13.7 Å². The van der Waals surface area contributed by atoms with E-state index in [1.54, 1.807) is 7.11 Å². The molecule has 0 amide bonds. The number of unbranched alkanes of at least 4 members (excludes halogenated alkanes) is 1. The van der Waals surface area contributed by atoms with Crippen molar-refractivity contribution >= 4 is 10.4 Å². The van der Waals surface area contributed by atoms with E-state index in [1.165, 1.54) is 0 Å². The second kappa shape index (κ2) is 9.87. The van der Waals surface area contributed by atoms with Crippen molar-refractivity contribution in [3.8, 4) is 0 Å². The first kappa shape index (κ1) is 15.3. The molecule has 0 aliphatic rings. The van der Waals surface area contributed by atoms with Crippen molar-refractivity contribution in [1.29, 1.82) is 0 Å². The van der Waals surface area contributed by atoms with E-state index in [2.05, 4.69) is 4.18 Å². The van der Waals surface area contributed by atoms with Gasteiger partial charge in [-0.25, -0.2) is 0 Å². The molecule has 7 heteroatoms. The lowest BCUT2D eigenvalue weighted by molar-refractivity contribution is 0.193. The minimum Gasteiger partial charge on any atom is -0.385 e. The van der Waals surface area contributed by atoms with Gasteiger partial charge in [0.2, 0.25) is 0 Å². The molecule has 6 nitrogen and oxygen atoms in total. The monoisotopic (exact) mass is 215 g/mol. The highest BCUT2D eigenvalue weighted by atomic mass is 32.3. The van der Waals surface area contributed by atoms with E-state index in [0.717, 1.165) is 33.1 Å². The van der Waals surface area contributed by atoms with Crippen molar-refractivity contribution < 1.29 is 21.9 Å². The Balaban J connectivity index is 0. The van der Waals surface area contributed by atoms with Crippen LogP contribution in [0.25, 0.3) is 0 Å². The normalized spacial score (nSPS) is 10.5. The minimum atomic E-state index is -4.16. The molecular weight excluding hydrogens is 198 g/mol. The lowest BCUT2D eigenvalue weighted by atomic mass is 10.3. The molecule has 0 atom stereocenters. The van der Waals surface area contributed by atoms with E-state index in [1.807, 2.05) is 0 Å². The summed E-state index contributed by atoms with van der Waals surface area (Å²) in [6, 6.07) is 0. The van der Waals surface area contributed by atoms with Gasteiger partial charge in [-0.3, -0.25) is 8.74 Å². The number of methoxy groups -OCH3 is 1. The van der Waals surface area contributed by atoms with Crippen LogP contribution in [0.1, 0.15) is 12.8 Å². The Morgan fingerprint density at radius 2 is 1.77 bits per heavy atom. The Morgan fingerprint density at radius 1 is 1.31 bits per heavy atom. The van der Waals surface area contributed by atoms with Gasteiger partial charge < -0.3 is 10.5 Å². The maximum absolute atomic E-state index is 9.33. The highest BCUT2D eigenvalue weighted by Crippen LogP contribution is 1.83. The molecule has 0 aromatic rings. The fourth-order valence-electron chi connectivity index (χ4n) is 0.391. The molecule has 0 heterocycles. The highest BCUT2D eigenvalue weighted by Gasteiger charge is 1.94. The molecule has 0 aromatic carbocycles. The van der Waals surface area contributed by atoms with E-state index < -0.39 is 10.4 Å². The Morgan fingerprint density at radius 3 is 2.00 bits per heavy atom. The molecule has 0 unspecified atom stereocenters. The van der Waals surface area contributed by atoms with Crippen LogP contribution in [0.5, 0.6) is 0 Å². The summed E-state index contributed by atoms with van der Waals surface area (Å²) >= 11 is 0. The Bertz CT molecular complexity index is 175. The van der Waals surface area contributed by atoms with Gasteiger partial charge in [0.1, 0.15) is 0 Å². The van der Waals surface area contributed by atoms with E-state index in [9.17, 15) is 8.42 Å². The fourth-order valence-corrected chi connectivity index (χ4v) is 0.391. The minimum absolute atomic E-state index is 0.781. The van der Waals surface area contributed by atoms with Crippen LogP contribution in [0.15, 0.2) is 0 Å². The maximum atomic E-state index is 9.33. The smallest absolute Gasteiger partial charge is 0.385 e. The van der Waals surface area contributed by atoms with Crippen LogP contribution in [-0.4, -0.2) is 40.3 Å². The Labute approximate surface area is 79.0 Å². The zero-order chi connectivity index (χ0) is 10.7. The van der Waals surface area contributed by atoms with Crippen LogP contribution in [0.4, 0.5) is 0 Å². The van der Waals surface area contributed by atoms with Gasteiger partial charge in [0.15, 0.2) is 0 Å². The number of hydrogen-bond donors (Lipinski definition) is 2. The third kappa shape index (κ3) is 24.5. The van der Waals surface area contributed by atoms with Crippen LogP contribution < -0.4 is 5.73 Å². The molecule has 0 aromatic heterocycles. The molecule has 0 bridgehead atoms. The second-order valence-corrected chi connectivity index (χ2v) is 3.27. The molecule has 0 saturated carbocycles. The average Bonchev–Trinajstić information content (AvgIpc) is 2.06. The molecule has 82 valence electrons. The van der Waals surface area contributed by atoms with E-state index in [-0.39, 0.29) is 0 Å². The lowest BCUT2D eigenvalue weighted by Gasteiger charge is -1.92.